The van der Waals surface area contributed by atoms with Crippen molar-refractivity contribution < 1.29 is 4.79 Å². The molecule has 1 aliphatic rings. The number of fused-ring (bicyclic) bond motifs is 3. The maximum absolute atomic E-state index is 13.1. The van der Waals surface area contributed by atoms with Gasteiger partial charge in [-0.05, 0) is 37.7 Å². The Kier molecular flexibility index (Phi) is 5.64. The van der Waals surface area contributed by atoms with Crippen LogP contribution in [-0.4, -0.2) is 27.8 Å². The number of thioether (sulfide) groups is 1. The van der Waals surface area contributed by atoms with Gasteiger partial charge in [0.2, 0.25) is 5.91 Å². The van der Waals surface area contributed by atoms with Crippen LogP contribution in [0.1, 0.15) is 30.7 Å². The van der Waals surface area contributed by atoms with E-state index in [-0.39, 0.29) is 17.2 Å². The van der Waals surface area contributed by atoms with Gasteiger partial charge >= 0.3 is 0 Å². The van der Waals surface area contributed by atoms with Gasteiger partial charge in [0, 0.05) is 18.0 Å². The van der Waals surface area contributed by atoms with Crippen LogP contribution in [0.5, 0.6) is 0 Å². The molecule has 1 aliphatic carbocycles. The summed E-state index contributed by atoms with van der Waals surface area (Å²) in [7, 11) is 0. The Bertz CT molecular complexity index is 869. The van der Waals surface area contributed by atoms with Crippen molar-refractivity contribution in [2.75, 3.05) is 12.3 Å². The third kappa shape index (κ3) is 3.67. The molecule has 7 heteroatoms. The Hall–Kier alpha value is -1.60. The number of amides is 1. The molecule has 0 aromatic carbocycles. The normalized spacial score (nSPS) is 16.6. The Morgan fingerprint density at radius 2 is 2.36 bits per heavy atom. The fourth-order valence-corrected chi connectivity index (χ4v) is 5.45. The molecule has 0 bridgehead atoms. The average molecular weight is 378 g/mol. The molecule has 1 amide bonds. The van der Waals surface area contributed by atoms with Crippen molar-refractivity contribution >= 4 is 39.2 Å². The van der Waals surface area contributed by atoms with Crippen LogP contribution in [-0.2, 0) is 24.2 Å². The van der Waals surface area contributed by atoms with Gasteiger partial charge in [-0.25, -0.2) is 4.98 Å². The number of hydrogen-bond donors (Lipinski definition) is 1. The zero-order valence-corrected chi connectivity index (χ0v) is 16.3. The van der Waals surface area contributed by atoms with Gasteiger partial charge in [0.25, 0.3) is 5.56 Å². The molecule has 0 aliphatic heterocycles. The second kappa shape index (κ2) is 7.74. The highest BCUT2D eigenvalue weighted by atomic mass is 32.2. The van der Waals surface area contributed by atoms with Gasteiger partial charge in [0.1, 0.15) is 4.83 Å². The lowest BCUT2D eigenvalue weighted by Gasteiger charge is -2.17. The minimum absolute atomic E-state index is 0.00430. The maximum Gasteiger partial charge on any atom is 0.263 e. The predicted molar refractivity (Wildman–Crippen MR) is 105 cm³/mol. The minimum Gasteiger partial charge on any atom is -0.356 e. The van der Waals surface area contributed by atoms with Crippen molar-refractivity contribution in [3.05, 3.63) is 33.4 Å². The highest BCUT2D eigenvalue weighted by molar-refractivity contribution is 7.99. The molecule has 0 radical (unpaired) electrons. The Labute approximate surface area is 155 Å². The molecule has 0 saturated heterocycles. The van der Waals surface area contributed by atoms with Crippen molar-refractivity contribution in [2.24, 2.45) is 5.92 Å². The number of carbonyl (C=O) groups excluding carboxylic acids is 1. The third-order valence-electron chi connectivity index (χ3n) is 4.40. The number of rotatable bonds is 6. The molecule has 134 valence electrons. The lowest BCUT2D eigenvalue weighted by atomic mass is 9.89. The first-order chi connectivity index (χ1) is 12.0. The van der Waals surface area contributed by atoms with Crippen LogP contribution < -0.4 is 10.9 Å². The molecule has 0 spiro atoms. The molecule has 2 heterocycles. The first-order valence-corrected chi connectivity index (χ1v) is 10.4. The van der Waals surface area contributed by atoms with Crippen LogP contribution in [0, 0.1) is 5.92 Å². The molecule has 1 atom stereocenters. The summed E-state index contributed by atoms with van der Waals surface area (Å²) in [5.74, 6) is 0.860. The topological polar surface area (TPSA) is 64.0 Å². The van der Waals surface area contributed by atoms with Gasteiger partial charge in [0.05, 0.1) is 11.1 Å². The molecule has 5 nitrogen and oxygen atoms in total. The molecule has 3 rings (SSSR count). The summed E-state index contributed by atoms with van der Waals surface area (Å²) in [5, 5.41) is 4.14. The van der Waals surface area contributed by atoms with E-state index in [0.29, 0.717) is 24.2 Å². The van der Waals surface area contributed by atoms with Crippen LogP contribution in [0.2, 0.25) is 0 Å². The van der Waals surface area contributed by atoms with E-state index in [0.717, 1.165) is 29.5 Å². The molecule has 1 N–H and O–H groups in total. The number of carbonyl (C=O) groups is 1. The van der Waals surface area contributed by atoms with E-state index in [4.69, 9.17) is 4.98 Å². The number of thiophene rings is 1. The summed E-state index contributed by atoms with van der Waals surface area (Å²) in [6.45, 7) is 8.90. The van der Waals surface area contributed by atoms with E-state index in [1.165, 1.54) is 22.2 Å². The van der Waals surface area contributed by atoms with E-state index in [1.807, 2.05) is 6.92 Å². The fourth-order valence-electron chi connectivity index (χ4n) is 3.18. The van der Waals surface area contributed by atoms with Crippen LogP contribution >= 0.6 is 23.1 Å². The molecular weight excluding hydrogens is 354 g/mol. The highest BCUT2D eigenvalue weighted by Crippen LogP contribution is 2.36. The van der Waals surface area contributed by atoms with Crippen molar-refractivity contribution in [3.8, 4) is 0 Å². The Balaban J connectivity index is 2.04. The summed E-state index contributed by atoms with van der Waals surface area (Å²) in [6.07, 6.45) is 4.80. The SMILES string of the molecule is C=CCn1c(SCC(=O)NCC)nc2sc3c(c2c1=O)CC[C@H](C)C3. The van der Waals surface area contributed by atoms with Crippen molar-refractivity contribution in [1.82, 2.24) is 14.9 Å². The monoisotopic (exact) mass is 377 g/mol. The van der Waals surface area contributed by atoms with E-state index >= 15 is 0 Å². The van der Waals surface area contributed by atoms with E-state index in [2.05, 4.69) is 18.8 Å². The van der Waals surface area contributed by atoms with Crippen LogP contribution in [0.4, 0.5) is 0 Å². The molecule has 0 fully saturated rings. The number of aryl methyl sites for hydroxylation is 1. The summed E-state index contributed by atoms with van der Waals surface area (Å²) < 4.78 is 1.64. The first kappa shape index (κ1) is 18.2. The standard InChI is InChI=1S/C18H23N3O2S2/c1-4-8-21-17(23)15-12-7-6-11(3)9-13(12)25-16(15)20-18(21)24-10-14(22)19-5-2/h4,11H,1,5-10H2,2-3H3,(H,19,22)/t11-/m0/s1. The Morgan fingerprint density at radius 1 is 1.56 bits per heavy atom. The quantitative estimate of drug-likeness (QED) is 0.477. The summed E-state index contributed by atoms with van der Waals surface area (Å²) in [4.78, 5) is 31.7. The van der Waals surface area contributed by atoms with Gasteiger partial charge in [-0.3, -0.25) is 14.2 Å². The number of nitrogens with one attached hydrogen (secondary N) is 1. The van der Waals surface area contributed by atoms with Crippen LogP contribution in [0.15, 0.2) is 22.6 Å². The van der Waals surface area contributed by atoms with Gasteiger partial charge in [-0.1, -0.05) is 24.8 Å². The number of nitrogens with zero attached hydrogens (tertiary/aromatic N) is 2. The van der Waals surface area contributed by atoms with Gasteiger partial charge in [-0.2, -0.15) is 0 Å². The van der Waals surface area contributed by atoms with Gasteiger partial charge in [-0.15, -0.1) is 17.9 Å². The zero-order valence-electron chi connectivity index (χ0n) is 14.6. The second-order valence-corrected chi connectivity index (χ2v) is 8.40. The molecule has 25 heavy (non-hydrogen) atoms. The van der Waals surface area contributed by atoms with Crippen LogP contribution in [0.25, 0.3) is 10.2 Å². The molecule has 0 unspecified atom stereocenters. The van der Waals surface area contributed by atoms with Crippen molar-refractivity contribution in [1.29, 1.82) is 0 Å². The van der Waals surface area contributed by atoms with E-state index < -0.39 is 0 Å². The first-order valence-electron chi connectivity index (χ1n) is 8.60. The lowest BCUT2D eigenvalue weighted by molar-refractivity contribution is -0.118. The lowest BCUT2D eigenvalue weighted by Crippen LogP contribution is -2.26. The summed E-state index contributed by atoms with van der Waals surface area (Å²) >= 11 is 2.95. The molecule has 2 aromatic rings. The molecule has 2 aromatic heterocycles. The van der Waals surface area contributed by atoms with Crippen molar-refractivity contribution in [3.63, 3.8) is 0 Å². The number of aromatic nitrogens is 2. The molecule has 0 saturated carbocycles. The van der Waals surface area contributed by atoms with Gasteiger partial charge in [0.15, 0.2) is 5.16 Å². The summed E-state index contributed by atoms with van der Waals surface area (Å²) in [6, 6.07) is 0. The predicted octanol–water partition coefficient (Wildman–Crippen LogP) is 3.00. The minimum atomic E-state index is -0.0497. The maximum atomic E-state index is 13.1. The fraction of sp³-hybridized carbons (Fsp3) is 0.500. The zero-order chi connectivity index (χ0) is 18.0. The van der Waals surface area contributed by atoms with E-state index in [9.17, 15) is 9.59 Å². The van der Waals surface area contributed by atoms with Crippen LogP contribution in [0.3, 0.4) is 0 Å². The second-order valence-electron chi connectivity index (χ2n) is 6.37. The number of hydrogen-bond acceptors (Lipinski definition) is 5. The number of allylic oxidation sites excluding steroid dienone is 1. The van der Waals surface area contributed by atoms with Crippen molar-refractivity contribution in [2.45, 2.75) is 44.8 Å². The largest absolute Gasteiger partial charge is 0.356 e. The van der Waals surface area contributed by atoms with Gasteiger partial charge < -0.3 is 5.32 Å². The Morgan fingerprint density at radius 3 is 3.08 bits per heavy atom. The average Bonchev–Trinajstić information content (AvgIpc) is 2.93. The smallest absolute Gasteiger partial charge is 0.263 e. The third-order valence-corrected chi connectivity index (χ3v) is 6.52. The van der Waals surface area contributed by atoms with E-state index in [1.54, 1.807) is 22.0 Å². The summed E-state index contributed by atoms with van der Waals surface area (Å²) in [5.41, 5.74) is 1.18. The molecular formula is C18H23N3O2S2. The highest BCUT2D eigenvalue weighted by Gasteiger charge is 2.24.